The standard InChI is InChI=1S/C30H47NO3/c1-20(8-7-15-32)24-11-12-25-28-26(29(2)14-13-23(33)16-22(29)17-27(28)34)19-31(30(24,25)3)18-21-9-5-4-6-10-21/h4-6,9-10,20,22-28,32-34H,7-8,11-19H2,1-3H3/t20-,22+,23-,24-,25+,26+,27-,28+,29+,30-/m1/s1. The molecule has 0 unspecified atom stereocenters. The van der Waals surface area contributed by atoms with Crippen molar-refractivity contribution in [2.75, 3.05) is 13.2 Å². The molecule has 0 aromatic heterocycles. The summed E-state index contributed by atoms with van der Waals surface area (Å²) in [6, 6.07) is 10.9. The zero-order valence-electron chi connectivity index (χ0n) is 21.6. The SMILES string of the molecule is C[C@H](CCCO)[C@H]1CC[C@H]2[C@@H]3[C@H](O)C[C@@H]4C[C@H](O)CC[C@]4(C)[C@H]3CN(Cc3ccccc3)[C@]12C. The van der Waals surface area contributed by atoms with Crippen molar-refractivity contribution in [3.05, 3.63) is 35.9 Å². The van der Waals surface area contributed by atoms with Gasteiger partial charge in [-0.15, -0.1) is 0 Å². The highest BCUT2D eigenvalue weighted by Crippen LogP contribution is 2.65. The largest absolute Gasteiger partial charge is 0.396 e. The molecule has 5 rings (SSSR count). The van der Waals surface area contributed by atoms with E-state index in [9.17, 15) is 15.3 Å². The summed E-state index contributed by atoms with van der Waals surface area (Å²) < 4.78 is 0. The maximum absolute atomic E-state index is 11.6. The van der Waals surface area contributed by atoms with Crippen LogP contribution < -0.4 is 0 Å². The molecule has 1 heterocycles. The first-order valence-corrected chi connectivity index (χ1v) is 14.0. The fourth-order valence-electron chi connectivity index (χ4n) is 9.50. The van der Waals surface area contributed by atoms with Crippen molar-refractivity contribution in [1.29, 1.82) is 0 Å². The van der Waals surface area contributed by atoms with Crippen LogP contribution in [0.4, 0.5) is 0 Å². The van der Waals surface area contributed by atoms with E-state index in [1.807, 2.05) is 0 Å². The molecule has 0 radical (unpaired) electrons. The Bertz CT molecular complexity index is 832. The summed E-state index contributed by atoms with van der Waals surface area (Å²) in [6.45, 7) is 9.72. The van der Waals surface area contributed by atoms with Crippen LogP contribution in [0.25, 0.3) is 0 Å². The summed E-state index contributed by atoms with van der Waals surface area (Å²) >= 11 is 0. The molecule has 4 heteroatoms. The third kappa shape index (κ3) is 3.97. The van der Waals surface area contributed by atoms with E-state index in [1.165, 1.54) is 18.4 Å². The van der Waals surface area contributed by atoms with Gasteiger partial charge >= 0.3 is 0 Å². The Morgan fingerprint density at radius 1 is 1.03 bits per heavy atom. The highest BCUT2D eigenvalue weighted by Gasteiger charge is 2.65. The molecule has 190 valence electrons. The van der Waals surface area contributed by atoms with Crippen LogP contribution in [0.1, 0.15) is 77.7 Å². The lowest BCUT2D eigenvalue weighted by atomic mass is 9.46. The van der Waals surface area contributed by atoms with Gasteiger partial charge in [-0.05, 0) is 105 Å². The number of rotatable bonds is 6. The lowest BCUT2D eigenvalue weighted by Gasteiger charge is -2.65. The Hall–Kier alpha value is -0.940. The lowest BCUT2D eigenvalue weighted by Crippen LogP contribution is -2.68. The van der Waals surface area contributed by atoms with Crippen molar-refractivity contribution < 1.29 is 15.3 Å². The Morgan fingerprint density at radius 3 is 2.53 bits per heavy atom. The number of fused-ring (bicyclic) bond motifs is 5. The van der Waals surface area contributed by atoms with Gasteiger partial charge in [0.1, 0.15) is 0 Å². The number of benzene rings is 1. The van der Waals surface area contributed by atoms with Crippen LogP contribution >= 0.6 is 0 Å². The molecule has 1 saturated heterocycles. The van der Waals surface area contributed by atoms with E-state index in [2.05, 4.69) is 56.0 Å². The summed E-state index contributed by atoms with van der Waals surface area (Å²) in [5.41, 5.74) is 1.66. The predicted octanol–water partition coefficient (Wildman–Crippen LogP) is 4.86. The van der Waals surface area contributed by atoms with Crippen molar-refractivity contribution in [2.45, 2.75) is 96.4 Å². The maximum Gasteiger partial charge on any atom is 0.0577 e. The van der Waals surface area contributed by atoms with Gasteiger partial charge in [0.25, 0.3) is 0 Å². The third-order valence-corrected chi connectivity index (χ3v) is 11.4. The zero-order chi connectivity index (χ0) is 24.1. The summed E-state index contributed by atoms with van der Waals surface area (Å²) in [5, 5.41) is 31.5. The highest BCUT2D eigenvalue weighted by atomic mass is 16.3. The lowest BCUT2D eigenvalue weighted by molar-refractivity contribution is -0.197. The zero-order valence-corrected chi connectivity index (χ0v) is 21.6. The summed E-state index contributed by atoms with van der Waals surface area (Å²) in [7, 11) is 0. The van der Waals surface area contributed by atoms with Crippen molar-refractivity contribution in [1.82, 2.24) is 4.90 Å². The van der Waals surface area contributed by atoms with Gasteiger partial charge in [0, 0.05) is 25.2 Å². The minimum absolute atomic E-state index is 0.0736. The Labute approximate surface area is 206 Å². The summed E-state index contributed by atoms with van der Waals surface area (Å²) in [6.07, 6.45) is 7.68. The van der Waals surface area contributed by atoms with Gasteiger partial charge in [-0.2, -0.15) is 0 Å². The monoisotopic (exact) mass is 469 g/mol. The van der Waals surface area contributed by atoms with E-state index in [-0.39, 0.29) is 29.8 Å². The Kier molecular flexibility index (Phi) is 6.91. The number of piperidine rings is 1. The van der Waals surface area contributed by atoms with Gasteiger partial charge in [0.05, 0.1) is 12.2 Å². The molecule has 34 heavy (non-hydrogen) atoms. The minimum atomic E-state index is -0.247. The highest BCUT2D eigenvalue weighted by molar-refractivity contribution is 5.20. The maximum atomic E-state index is 11.6. The topological polar surface area (TPSA) is 63.9 Å². The van der Waals surface area contributed by atoms with Crippen LogP contribution in [0.5, 0.6) is 0 Å². The van der Waals surface area contributed by atoms with E-state index < -0.39 is 0 Å². The van der Waals surface area contributed by atoms with Gasteiger partial charge in [-0.1, -0.05) is 44.2 Å². The van der Waals surface area contributed by atoms with Crippen LogP contribution in [0.15, 0.2) is 30.3 Å². The normalized spacial score (nSPS) is 45.3. The van der Waals surface area contributed by atoms with Crippen LogP contribution in [0, 0.1) is 40.9 Å². The molecule has 3 aliphatic carbocycles. The van der Waals surface area contributed by atoms with E-state index in [1.54, 1.807) is 0 Å². The van der Waals surface area contributed by atoms with Crippen molar-refractivity contribution in [3.63, 3.8) is 0 Å². The van der Waals surface area contributed by atoms with Gasteiger partial charge in [-0.3, -0.25) is 4.90 Å². The molecule has 4 aliphatic rings. The Balaban J connectivity index is 1.52. The molecule has 0 spiro atoms. The van der Waals surface area contributed by atoms with Gasteiger partial charge in [0.15, 0.2) is 0 Å². The second-order valence-corrected chi connectivity index (χ2v) is 12.8. The molecule has 0 amide bonds. The third-order valence-electron chi connectivity index (χ3n) is 11.4. The quantitative estimate of drug-likeness (QED) is 0.557. The minimum Gasteiger partial charge on any atom is -0.396 e. The average molecular weight is 470 g/mol. The number of nitrogens with zero attached hydrogens (tertiary/aromatic N) is 1. The number of hydrogen-bond acceptors (Lipinski definition) is 4. The average Bonchev–Trinajstić information content (AvgIpc) is 3.18. The fourth-order valence-corrected chi connectivity index (χ4v) is 9.50. The molecular formula is C30H47NO3. The van der Waals surface area contributed by atoms with E-state index in [4.69, 9.17) is 0 Å². The van der Waals surface area contributed by atoms with E-state index in [0.29, 0.717) is 35.5 Å². The molecule has 1 aromatic carbocycles. The van der Waals surface area contributed by atoms with E-state index >= 15 is 0 Å². The van der Waals surface area contributed by atoms with Crippen LogP contribution in [-0.4, -0.2) is 51.1 Å². The molecule has 1 aliphatic heterocycles. The molecule has 4 fully saturated rings. The van der Waals surface area contributed by atoms with Gasteiger partial charge in [0.2, 0.25) is 0 Å². The fraction of sp³-hybridized carbons (Fsp3) is 0.800. The van der Waals surface area contributed by atoms with Crippen LogP contribution in [0.3, 0.4) is 0 Å². The second-order valence-electron chi connectivity index (χ2n) is 12.8. The molecule has 1 aromatic rings. The number of hydrogen-bond donors (Lipinski definition) is 3. The molecule has 3 N–H and O–H groups in total. The molecular weight excluding hydrogens is 422 g/mol. The van der Waals surface area contributed by atoms with Crippen LogP contribution in [-0.2, 0) is 6.54 Å². The number of aliphatic hydroxyl groups excluding tert-OH is 3. The first-order valence-electron chi connectivity index (χ1n) is 14.0. The molecule has 4 nitrogen and oxygen atoms in total. The first kappa shape index (κ1) is 24.7. The predicted molar refractivity (Wildman–Crippen MR) is 136 cm³/mol. The van der Waals surface area contributed by atoms with E-state index in [0.717, 1.165) is 51.6 Å². The first-order chi connectivity index (χ1) is 16.3. The molecule has 3 saturated carbocycles. The molecule has 0 bridgehead atoms. The summed E-state index contributed by atoms with van der Waals surface area (Å²) in [4.78, 5) is 2.83. The summed E-state index contributed by atoms with van der Waals surface area (Å²) in [5.74, 6) is 2.96. The van der Waals surface area contributed by atoms with Gasteiger partial charge < -0.3 is 15.3 Å². The van der Waals surface area contributed by atoms with Crippen molar-refractivity contribution in [2.24, 2.45) is 40.9 Å². The van der Waals surface area contributed by atoms with Crippen LogP contribution in [0.2, 0.25) is 0 Å². The smallest absolute Gasteiger partial charge is 0.0577 e. The number of aliphatic hydroxyl groups is 3. The molecule has 10 atom stereocenters. The number of likely N-dealkylation sites (tertiary alicyclic amines) is 1. The Morgan fingerprint density at radius 2 is 1.79 bits per heavy atom. The van der Waals surface area contributed by atoms with Crippen molar-refractivity contribution in [3.8, 4) is 0 Å². The van der Waals surface area contributed by atoms with Gasteiger partial charge in [-0.25, -0.2) is 0 Å². The second kappa shape index (κ2) is 9.50. The van der Waals surface area contributed by atoms with Crippen molar-refractivity contribution >= 4 is 0 Å².